The molecule has 1 aromatic carbocycles. The standard InChI is InChI=1S/C18H18F3N3O3S/c1-10(15-9-14(27-11(15)2)6-7-16(25)26)23-24-17(28)22-13-5-3-4-12(8-13)18(19,20)21/h3-5,8-9H,6-7H2,1-2H3,(H,25,26)(H2,22,24,28)/p-1/b23-10-. The highest BCUT2D eigenvalue weighted by molar-refractivity contribution is 7.80. The summed E-state index contributed by atoms with van der Waals surface area (Å²) in [4.78, 5) is 10.5. The number of hydrogen-bond donors (Lipinski definition) is 2. The molecule has 10 heteroatoms. The number of carboxylic acids is 1. The molecule has 0 saturated heterocycles. The average molecular weight is 412 g/mol. The zero-order valence-electron chi connectivity index (χ0n) is 15.0. The van der Waals surface area contributed by atoms with Crippen LogP contribution in [0.5, 0.6) is 0 Å². The van der Waals surface area contributed by atoms with Gasteiger partial charge in [0, 0.05) is 23.6 Å². The maximum absolute atomic E-state index is 12.7. The Morgan fingerprint density at radius 3 is 2.68 bits per heavy atom. The molecule has 1 aromatic heterocycles. The maximum Gasteiger partial charge on any atom is 0.416 e. The van der Waals surface area contributed by atoms with Crippen molar-refractivity contribution in [3.05, 3.63) is 53.0 Å². The molecular weight excluding hydrogens is 395 g/mol. The first-order chi connectivity index (χ1) is 13.1. The highest BCUT2D eigenvalue weighted by atomic mass is 32.1. The van der Waals surface area contributed by atoms with Crippen LogP contribution in [0.15, 0.2) is 39.9 Å². The van der Waals surface area contributed by atoms with E-state index in [9.17, 15) is 23.1 Å². The van der Waals surface area contributed by atoms with E-state index in [1.165, 1.54) is 12.1 Å². The largest absolute Gasteiger partial charge is 0.550 e. The van der Waals surface area contributed by atoms with E-state index in [-0.39, 0.29) is 23.6 Å². The van der Waals surface area contributed by atoms with Crippen molar-refractivity contribution in [2.75, 3.05) is 5.32 Å². The summed E-state index contributed by atoms with van der Waals surface area (Å²) < 4.78 is 43.7. The Morgan fingerprint density at radius 1 is 1.32 bits per heavy atom. The van der Waals surface area contributed by atoms with Gasteiger partial charge in [0.05, 0.1) is 11.3 Å². The summed E-state index contributed by atoms with van der Waals surface area (Å²) >= 11 is 5.04. The van der Waals surface area contributed by atoms with Crippen LogP contribution in [-0.4, -0.2) is 16.8 Å². The number of carbonyl (C=O) groups is 1. The van der Waals surface area contributed by atoms with Crippen molar-refractivity contribution in [2.45, 2.75) is 32.9 Å². The number of anilines is 1. The summed E-state index contributed by atoms with van der Waals surface area (Å²) in [5.74, 6) is -0.141. The van der Waals surface area contributed by atoms with Crippen LogP contribution in [0.2, 0.25) is 0 Å². The molecule has 0 atom stereocenters. The Balaban J connectivity index is 2.01. The molecule has 0 radical (unpaired) electrons. The fourth-order valence-electron chi connectivity index (χ4n) is 2.38. The number of aliphatic carboxylic acids is 1. The normalized spacial score (nSPS) is 12.0. The molecule has 0 aliphatic heterocycles. The minimum Gasteiger partial charge on any atom is -0.550 e. The number of nitrogens with zero attached hydrogens (tertiary/aromatic N) is 1. The molecule has 28 heavy (non-hydrogen) atoms. The van der Waals surface area contributed by atoms with E-state index in [1.54, 1.807) is 19.9 Å². The van der Waals surface area contributed by atoms with E-state index in [0.29, 0.717) is 22.8 Å². The summed E-state index contributed by atoms with van der Waals surface area (Å²) in [5.41, 5.74) is 3.10. The van der Waals surface area contributed by atoms with Gasteiger partial charge in [0.15, 0.2) is 5.11 Å². The Morgan fingerprint density at radius 2 is 2.04 bits per heavy atom. The number of alkyl halides is 3. The van der Waals surface area contributed by atoms with Crippen LogP contribution < -0.4 is 15.8 Å². The SMILES string of the molecule is C/C(=N/NC(=S)Nc1cccc(C(F)(F)F)c1)c1cc(CCC(=O)[O-])oc1C. The number of rotatable bonds is 6. The van der Waals surface area contributed by atoms with Crippen molar-refractivity contribution in [3.8, 4) is 0 Å². The highest BCUT2D eigenvalue weighted by Gasteiger charge is 2.30. The van der Waals surface area contributed by atoms with E-state index >= 15 is 0 Å². The fraction of sp³-hybridized carbons (Fsp3) is 0.278. The van der Waals surface area contributed by atoms with Crippen molar-refractivity contribution in [3.63, 3.8) is 0 Å². The number of furan rings is 1. The van der Waals surface area contributed by atoms with Gasteiger partial charge in [-0.15, -0.1) is 0 Å². The van der Waals surface area contributed by atoms with E-state index in [2.05, 4.69) is 15.8 Å². The first kappa shape index (κ1) is 21.4. The minimum absolute atomic E-state index is 0.0111. The van der Waals surface area contributed by atoms with E-state index < -0.39 is 17.7 Å². The molecule has 0 aliphatic rings. The van der Waals surface area contributed by atoms with Crippen LogP contribution in [0.3, 0.4) is 0 Å². The topological polar surface area (TPSA) is 89.7 Å². The van der Waals surface area contributed by atoms with Crippen LogP contribution in [0.25, 0.3) is 0 Å². The molecule has 0 unspecified atom stereocenters. The van der Waals surface area contributed by atoms with Crippen LogP contribution in [-0.2, 0) is 17.4 Å². The molecule has 6 nitrogen and oxygen atoms in total. The summed E-state index contributed by atoms with van der Waals surface area (Å²) in [6.07, 6.45) is -4.42. The van der Waals surface area contributed by atoms with Gasteiger partial charge in [-0.05, 0) is 56.8 Å². The van der Waals surface area contributed by atoms with Crippen molar-refractivity contribution in [1.82, 2.24) is 5.43 Å². The maximum atomic E-state index is 12.7. The molecule has 1 heterocycles. The summed E-state index contributed by atoms with van der Waals surface area (Å²) in [6.45, 7) is 3.39. The number of carbonyl (C=O) groups excluding carboxylic acids is 1. The van der Waals surface area contributed by atoms with Gasteiger partial charge < -0.3 is 19.6 Å². The summed E-state index contributed by atoms with van der Waals surface area (Å²) in [7, 11) is 0. The summed E-state index contributed by atoms with van der Waals surface area (Å²) in [5, 5.41) is 17.3. The number of aryl methyl sites for hydroxylation is 2. The third-order valence-corrected chi connectivity index (χ3v) is 3.90. The fourth-order valence-corrected chi connectivity index (χ4v) is 2.54. The average Bonchev–Trinajstić information content (AvgIpc) is 2.98. The van der Waals surface area contributed by atoms with Crippen molar-refractivity contribution >= 4 is 34.7 Å². The minimum atomic E-state index is -4.45. The van der Waals surface area contributed by atoms with Gasteiger partial charge in [0.25, 0.3) is 0 Å². The van der Waals surface area contributed by atoms with Gasteiger partial charge in [0.2, 0.25) is 0 Å². The van der Waals surface area contributed by atoms with Crippen molar-refractivity contribution < 1.29 is 27.5 Å². The smallest absolute Gasteiger partial charge is 0.416 e. The molecule has 0 bridgehead atoms. The lowest BCUT2D eigenvalue weighted by Crippen LogP contribution is -2.25. The molecule has 0 aliphatic carbocycles. The van der Waals surface area contributed by atoms with E-state index in [4.69, 9.17) is 16.6 Å². The lowest BCUT2D eigenvalue weighted by atomic mass is 10.1. The van der Waals surface area contributed by atoms with E-state index in [1.807, 2.05) is 0 Å². The second-order valence-electron chi connectivity index (χ2n) is 5.90. The molecule has 0 amide bonds. The monoisotopic (exact) mass is 412 g/mol. The van der Waals surface area contributed by atoms with Gasteiger partial charge in [-0.25, -0.2) is 0 Å². The lowest BCUT2D eigenvalue weighted by molar-refractivity contribution is -0.305. The molecular formula is C18H17F3N3O3S-. The second-order valence-corrected chi connectivity index (χ2v) is 6.30. The third-order valence-electron chi connectivity index (χ3n) is 3.71. The molecule has 2 rings (SSSR count). The number of hydrazone groups is 1. The molecule has 2 N–H and O–H groups in total. The number of thiocarbonyl (C=S) groups is 1. The zero-order valence-corrected chi connectivity index (χ0v) is 15.8. The number of benzene rings is 1. The molecule has 0 fully saturated rings. The molecule has 2 aromatic rings. The third kappa shape index (κ3) is 6.08. The first-order valence-electron chi connectivity index (χ1n) is 8.14. The van der Waals surface area contributed by atoms with Crippen molar-refractivity contribution in [1.29, 1.82) is 0 Å². The first-order valence-corrected chi connectivity index (χ1v) is 8.55. The quantitative estimate of drug-likeness (QED) is 0.431. The van der Waals surface area contributed by atoms with Crippen LogP contribution >= 0.6 is 12.2 Å². The number of halogens is 3. The Hall–Kier alpha value is -2.88. The molecule has 0 saturated carbocycles. The second kappa shape index (κ2) is 8.87. The number of hydrogen-bond acceptors (Lipinski definition) is 5. The van der Waals surface area contributed by atoms with Gasteiger partial charge >= 0.3 is 6.18 Å². The van der Waals surface area contributed by atoms with E-state index in [0.717, 1.165) is 12.1 Å². The summed E-state index contributed by atoms with van der Waals surface area (Å²) in [6, 6.07) is 6.29. The van der Waals surface area contributed by atoms with Crippen LogP contribution in [0.1, 0.15) is 36.0 Å². The molecule has 0 spiro atoms. The Bertz CT molecular complexity index is 907. The van der Waals surface area contributed by atoms with Gasteiger partial charge in [-0.2, -0.15) is 18.3 Å². The predicted octanol–water partition coefficient (Wildman–Crippen LogP) is 3.00. The van der Waals surface area contributed by atoms with Gasteiger partial charge in [-0.3, -0.25) is 5.43 Å². The number of carboxylic acid groups (broad SMARTS) is 1. The molecule has 150 valence electrons. The Labute approximate surface area is 164 Å². The van der Waals surface area contributed by atoms with Gasteiger partial charge in [0.1, 0.15) is 11.5 Å². The van der Waals surface area contributed by atoms with Crippen LogP contribution in [0, 0.1) is 6.92 Å². The highest BCUT2D eigenvalue weighted by Crippen LogP contribution is 2.30. The zero-order chi connectivity index (χ0) is 20.9. The number of nitrogens with one attached hydrogen (secondary N) is 2. The lowest BCUT2D eigenvalue weighted by Gasteiger charge is -2.11. The predicted molar refractivity (Wildman–Crippen MR) is 99.8 cm³/mol. The van der Waals surface area contributed by atoms with Crippen LogP contribution in [0.4, 0.5) is 18.9 Å². The Kier molecular flexibility index (Phi) is 6.79. The van der Waals surface area contributed by atoms with Gasteiger partial charge in [-0.1, -0.05) is 6.07 Å². The van der Waals surface area contributed by atoms with Crippen molar-refractivity contribution in [2.24, 2.45) is 5.10 Å².